The van der Waals surface area contributed by atoms with Crippen LogP contribution in [0.15, 0.2) is 53.4 Å². The highest BCUT2D eigenvalue weighted by Crippen LogP contribution is 2.30. The van der Waals surface area contributed by atoms with Crippen molar-refractivity contribution >= 4 is 17.7 Å². The third-order valence-corrected chi connectivity index (χ3v) is 5.57. The molecule has 0 aromatic heterocycles. The van der Waals surface area contributed by atoms with Crippen molar-refractivity contribution in [2.75, 3.05) is 19.3 Å². The van der Waals surface area contributed by atoms with Gasteiger partial charge in [0.25, 0.3) is 5.91 Å². The maximum atomic E-state index is 12.8. The quantitative estimate of drug-likeness (QED) is 0.859. The lowest BCUT2D eigenvalue weighted by atomic mass is 9.88. The molecule has 24 heavy (non-hydrogen) atoms. The van der Waals surface area contributed by atoms with Crippen LogP contribution in [0.25, 0.3) is 0 Å². The summed E-state index contributed by atoms with van der Waals surface area (Å²) in [6.07, 6.45) is 4.05. The Labute approximate surface area is 148 Å². The fraction of sp³-hybridized carbons (Fsp3) is 0.350. The summed E-state index contributed by atoms with van der Waals surface area (Å²) in [5, 5.41) is 0. The molecule has 2 aromatic rings. The number of hydrogen-bond acceptors (Lipinski definition) is 3. The van der Waals surface area contributed by atoms with Crippen molar-refractivity contribution in [3.05, 3.63) is 65.2 Å². The Hall–Kier alpha value is -1.78. The molecule has 0 aliphatic carbocycles. The zero-order valence-electron chi connectivity index (χ0n) is 14.1. The van der Waals surface area contributed by atoms with Crippen LogP contribution in [0.5, 0.6) is 0 Å². The van der Waals surface area contributed by atoms with Crippen LogP contribution in [-0.4, -0.2) is 30.2 Å². The molecule has 1 fully saturated rings. The van der Waals surface area contributed by atoms with Crippen molar-refractivity contribution in [3.8, 4) is 0 Å². The highest BCUT2D eigenvalue weighted by Gasteiger charge is 2.25. The number of amides is 1. The molecule has 1 aliphatic heterocycles. The standard InChI is InChI=1S/C20H24N2OS/c1-24-19-8-3-2-7-18(19)20(23)22-11-9-16(10-12-22)17-6-4-5-15(13-17)14-21/h2-8,13,16H,9-12,14,21H2,1H3. The lowest BCUT2D eigenvalue weighted by molar-refractivity contribution is 0.0709. The van der Waals surface area contributed by atoms with Crippen LogP contribution >= 0.6 is 11.8 Å². The van der Waals surface area contributed by atoms with Crippen LogP contribution < -0.4 is 5.73 Å². The van der Waals surface area contributed by atoms with E-state index in [2.05, 4.69) is 24.3 Å². The number of benzene rings is 2. The van der Waals surface area contributed by atoms with Gasteiger partial charge in [0.1, 0.15) is 0 Å². The van der Waals surface area contributed by atoms with E-state index >= 15 is 0 Å². The highest BCUT2D eigenvalue weighted by molar-refractivity contribution is 7.98. The van der Waals surface area contributed by atoms with Crippen LogP contribution in [0.1, 0.15) is 40.2 Å². The number of carbonyl (C=O) groups excluding carboxylic acids is 1. The zero-order chi connectivity index (χ0) is 16.9. The van der Waals surface area contributed by atoms with Gasteiger partial charge in [0.2, 0.25) is 0 Å². The summed E-state index contributed by atoms with van der Waals surface area (Å²) in [5.41, 5.74) is 9.11. The molecule has 3 nitrogen and oxygen atoms in total. The van der Waals surface area contributed by atoms with Crippen molar-refractivity contribution in [1.29, 1.82) is 0 Å². The third kappa shape index (κ3) is 3.65. The molecular weight excluding hydrogens is 316 g/mol. The van der Waals surface area contributed by atoms with Crippen LogP contribution in [0.2, 0.25) is 0 Å². The summed E-state index contributed by atoms with van der Waals surface area (Å²) in [6, 6.07) is 16.4. The average molecular weight is 340 g/mol. The molecule has 1 heterocycles. The van der Waals surface area contributed by atoms with Crippen molar-refractivity contribution in [2.24, 2.45) is 5.73 Å². The molecule has 0 radical (unpaired) electrons. The first-order valence-corrected chi connectivity index (χ1v) is 9.66. The average Bonchev–Trinajstić information content (AvgIpc) is 2.67. The number of carbonyl (C=O) groups is 1. The van der Waals surface area contributed by atoms with Gasteiger partial charge in [0.15, 0.2) is 0 Å². The summed E-state index contributed by atoms with van der Waals surface area (Å²) < 4.78 is 0. The number of rotatable bonds is 4. The Morgan fingerprint density at radius 2 is 1.92 bits per heavy atom. The first kappa shape index (κ1) is 17.1. The van der Waals surface area contributed by atoms with E-state index < -0.39 is 0 Å². The van der Waals surface area contributed by atoms with E-state index in [-0.39, 0.29) is 5.91 Å². The van der Waals surface area contributed by atoms with Crippen LogP contribution in [0, 0.1) is 0 Å². The molecule has 2 aromatic carbocycles. The second-order valence-electron chi connectivity index (χ2n) is 6.22. The summed E-state index contributed by atoms with van der Waals surface area (Å²) in [4.78, 5) is 15.9. The van der Waals surface area contributed by atoms with Crippen molar-refractivity contribution < 1.29 is 4.79 Å². The predicted molar refractivity (Wildman–Crippen MR) is 100 cm³/mol. The largest absolute Gasteiger partial charge is 0.339 e. The van der Waals surface area contributed by atoms with Crippen molar-refractivity contribution in [1.82, 2.24) is 4.90 Å². The molecule has 1 aliphatic rings. The molecule has 1 saturated heterocycles. The van der Waals surface area contributed by atoms with E-state index in [0.29, 0.717) is 12.5 Å². The number of hydrogen-bond donors (Lipinski definition) is 1. The molecule has 2 N–H and O–H groups in total. The Bertz CT molecular complexity index is 708. The van der Waals surface area contributed by atoms with Crippen LogP contribution in [-0.2, 0) is 6.54 Å². The van der Waals surface area contributed by atoms with Gasteiger partial charge in [0, 0.05) is 24.5 Å². The molecular formula is C20H24N2OS. The Morgan fingerprint density at radius 1 is 1.17 bits per heavy atom. The van der Waals surface area contributed by atoms with E-state index in [1.165, 1.54) is 11.1 Å². The summed E-state index contributed by atoms with van der Waals surface area (Å²) in [7, 11) is 0. The summed E-state index contributed by atoms with van der Waals surface area (Å²) >= 11 is 1.63. The fourth-order valence-corrected chi connectivity index (χ4v) is 3.97. The van der Waals surface area contributed by atoms with Gasteiger partial charge >= 0.3 is 0 Å². The smallest absolute Gasteiger partial charge is 0.254 e. The van der Waals surface area contributed by atoms with Gasteiger partial charge in [-0.25, -0.2) is 0 Å². The van der Waals surface area contributed by atoms with Crippen molar-refractivity contribution in [3.63, 3.8) is 0 Å². The number of nitrogens with two attached hydrogens (primary N) is 1. The van der Waals surface area contributed by atoms with Gasteiger partial charge in [-0.3, -0.25) is 4.79 Å². The van der Waals surface area contributed by atoms with E-state index in [1.807, 2.05) is 35.4 Å². The van der Waals surface area contributed by atoms with E-state index in [1.54, 1.807) is 11.8 Å². The Kier molecular flexibility index (Phi) is 5.59. The van der Waals surface area contributed by atoms with Crippen LogP contribution in [0.4, 0.5) is 0 Å². The van der Waals surface area contributed by atoms with Gasteiger partial charge in [-0.05, 0) is 48.3 Å². The lowest BCUT2D eigenvalue weighted by Crippen LogP contribution is -2.38. The highest BCUT2D eigenvalue weighted by atomic mass is 32.2. The number of nitrogens with zero attached hydrogens (tertiary/aromatic N) is 1. The maximum Gasteiger partial charge on any atom is 0.254 e. The first-order valence-electron chi connectivity index (χ1n) is 8.44. The molecule has 0 atom stereocenters. The zero-order valence-corrected chi connectivity index (χ0v) is 14.9. The fourth-order valence-electron chi connectivity index (χ4n) is 3.38. The molecule has 4 heteroatoms. The van der Waals surface area contributed by atoms with E-state index in [0.717, 1.165) is 36.4 Å². The van der Waals surface area contributed by atoms with Crippen LogP contribution in [0.3, 0.4) is 0 Å². The SMILES string of the molecule is CSc1ccccc1C(=O)N1CCC(c2cccc(CN)c2)CC1. The maximum absolute atomic E-state index is 12.8. The topological polar surface area (TPSA) is 46.3 Å². The molecule has 0 saturated carbocycles. The molecule has 126 valence electrons. The van der Waals surface area contributed by atoms with E-state index in [9.17, 15) is 4.79 Å². The molecule has 0 spiro atoms. The minimum atomic E-state index is 0.161. The predicted octanol–water partition coefficient (Wildman–Crippen LogP) is 3.89. The van der Waals surface area contributed by atoms with Gasteiger partial charge in [-0.1, -0.05) is 36.4 Å². The first-order chi connectivity index (χ1) is 11.7. The Morgan fingerprint density at radius 3 is 2.62 bits per heavy atom. The molecule has 0 unspecified atom stereocenters. The summed E-state index contributed by atoms with van der Waals surface area (Å²) in [6.45, 7) is 2.22. The lowest BCUT2D eigenvalue weighted by Gasteiger charge is -2.32. The van der Waals surface area contributed by atoms with Gasteiger partial charge in [0.05, 0.1) is 5.56 Å². The monoisotopic (exact) mass is 340 g/mol. The second kappa shape index (κ2) is 7.86. The third-order valence-electron chi connectivity index (χ3n) is 4.78. The number of thioether (sulfide) groups is 1. The normalized spacial score (nSPS) is 15.5. The Balaban J connectivity index is 1.67. The number of likely N-dealkylation sites (tertiary alicyclic amines) is 1. The van der Waals surface area contributed by atoms with Gasteiger partial charge < -0.3 is 10.6 Å². The molecule has 1 amide bonds. The van der Waals surface area contributed by atoms with Gasteiger partial charge in [-0.15, -0.1) is 11.8 Å². The van der Waals surface area contributed by atoms with Gasteiger partial charge in [-0.2, -0.15) is 0 Å². The molecule has 0 bridgehead atoms. The van der Waals surface area contributed by atoms with Crippen molar-refractivity contribution in [2.45, 2.75) is 30.2 Å². The summed E-state index contributed by atoms with van der Waals surface area (Å²) in [5.74, 6) is 0.686. The minimum absolute atomic E-state index is 0.161. The second-order valence-corrected chi connectivity index (χ2v) is 7.06. The van der Waals surface area contributed by atoms with E-state index in [4.69, 9.17) is 5.73 Å². The minimum Gasteiger partial charge on any atom is -0.339 e. The number of piperidine rings is 1. The molecule has 3 rings (SSSR count).